The summed E-state index contributed by atoms with van der Waals surface area (Å²) in [6.07, 6.45) is 2.03. The minimum absolute atomic E-state index is 0.00953. The highest BCUT2D eigenvalue weighted by Gasteiger charge is 2.42. The normalized spacial score (nSPS) is 18.6. The van der Waals surface area contributed by atoms with Crippen LogP contribution in [0, 0.1) is 5.92 Å². The Morgan fingerprint density at radius 2 is 1.95 bits per heavy atom. The zero-order valence-electron chi connectivity index (χ0n) is 14.2. The maximum Gasteiger partial charge on any atom is 0.416 e. The lowest BCUT2D eigenvalue weighted by Crippen LogP contribution is -2.48. The molecule has 1 heterocycles. The van der Waals surface area contributed by atoms with E-state index >= 15 is 0 Å². The van der Waals surface area contributed by atoms with E-state index in [4.69, 9.17) is 9.16 Å². The molecule has 0 unspecified atom stereocenters. The van der Waals surface area contributed by atoms with E-state index in [9.17, 15) is 9.59 Å². The van der Waals surface area contributed by atoms with E-state index in [2.05, 4.69) is 47.0 Å². The summed E-state index contributed by atoms with van der Waals surface area (Å²) < 4.78 is 11.1. The third-order valence-corrected chi connectivity index (χ3v) is 8.86. The first-order valence-electron chi connectivity index (χ1n) is 7.46. The Bertz CT molecular complexity index is 467. The second kappa shape index (κ2) is 6.79. The fourth-order valence-electron chi connectivity index (χ4n) is 1.93. The van der Waals surface area contributed by atoms with Crippen LogP contribution in [0.2, 0.25) is 18.1 Å². The Hall–Kier alpha value is -1.40. The molecule has 1 rings (SSSR count). The summed E-state index contributed by atoms with van der Waals surface area (Å²) in [4.78, 5) is 25.3. The van der Waals surface area contributed by atoms with E-state index < -0.39 is 26.4 Å². The van der Waals surface area contributed by atoms with Crippen molar-refractivity contribution in [1.29, 1.82) is 0 Å². The number of rotatable bonds is 6. The van der Waals surface area contributed by atoms with Crippen molar-refractivity contribution >= 4 is 20.3 Å². The van der Waals surface area contributed by atoms with Crippen LogP contribution in [0.3, 0.4) is 0 Å². The zero-order chi connectivity index (χ0) is 17.1. The van der Waals surface area contributed by atoms with Gasteiger partial charge in [0.25, 0.3) is 0 Å². The van der Waals surface area contributed by atoms with Crippen molar-refractivity contribution in [2.75, 3.05) is 13.2 Å². The summed E-state index contributed by atoms with van der Waals surface area (Å²) in [7, 11) is -2.08. The van der Waals surface area contributed by atoms with Crippen molar-refractivity contribution in [3.8, 4) is 0 Å². The van der Waals surface area contributed by atoms with Crippen LogP contribution in [-0.4, -0.2) is 44.5 Å². The molecule has 0 aromatic carbocycles. The van der Waals surface area contributed by atoms with Gasteiger partial charge in [-0.05, 0) is 18.1 Å². The minimum atomic E-state index is -2.08. The Labute approximate surface area is 134 Å². The Morgan fingerprint density at radius 3 is 2.32 bits per heavy atom. The number of carbonyl (C=O) groups is 2. The van der Waals surface area contributed by atoms with Crippen molar-refractivity contribution in [1.82, 2.24) is 4.90 Å². The monoisotopic (exact) mass is 325 g/mol. The zero-order valence-corrected chi connectivity index (χ0v) is 15.2. The van der Waals surface area contributed by atoms with E-state index in [1.807, 2.05) is 0 Å². The van der Waals surface area contributed by atoms with Gasteiger partial charge in [0.1, 0.15) is 6.61 Å². The first-order valence-corrected chi connectivity index (χ1v) is 10.4. The minimum Gasteiger partial charge on any atom is -0.447 e. The van der Waals surface area contributed by atoms with E-state index in [1.54, 1.807) is 6.08 Å². The van der Waals surface area contributed by atoms with Crippen molar-refractivity contribution in [3.63, 3.8) is 0 Å². The van der Waals surface area contributed by atoms with Gasteiger partial charge in [0.15, 0.2) is 8.32 Å². The van der Waals surface area contributed by atoms with Gasteiger partial charge in [0.05, 0.1) is 18.6 Å². The number of ether oxygens (including phenoxy) is 1. The topological polar surface area (TPSA) is 55.8 Å². The predicted molar refractivity (Wildman–Crippen MR) is 89.0 cm³/mol. The average molecular weight is 325 g/mol. The first-order chi connectivity index (χ1) is 10.0. The van der Waals surface area contributed by atoms with Crippen LogP contribution in [0.1, 0.15) is 20.8 Å². The molecule has 0 spiro atoms. The summed E-state index contributed by atoms with van der Waals surface area (Å²) in [5, 5.41) is 0.00953. The molecule has 1 aliphatic rings. The van der Waals surface area contributed by atoms with Crippen LogP contribution >= 0.6 is 0 Å². The fourth-order valence-corrected chi connectivity index (χ4v) is 3.21. The molecule has 2 amide bonds. The van der Waals surface area contributed by atoms with Crippen molar-refractivity contribution in [3.05, 3.63) is 25.3 Å². The molecular formula is C16H27NO4Si. The number of hydrogen-bond donors (Lipinski definition) is 0. The smallest absolute Gasteiger partial charge is 0.416 e. The van der Waals surface area contributed by atoms with Gasteiger partial charge >= 0.3 is 6.09 Å². The quantitative estimate of drug-likeness (QED) is 0.555. The molecule has 0 N–H and O–H groups in total. The number of imide groups is 1. The molecule has 1 saturated heterocycles. The van der Waals surface area contributed by atoms with E-state index in [-0.39, 0.29) is 24.1 Å². The van der Waals surface area contributed by atoms with Gasteiger partial charge in [-0.15, -0.1) is 13.2 Å². The summed E-state index contributed by atoms with van der Waals surface area (Å²) in [6, 6.07) is 0. The first kappa shape index (κ1) is 18.6. The van der Waals surface area contributed by atoms with Gasteiger partial charge in [0.2, 0.25) is 5.91 Å². The Balaban J connectivity index is 2.95. The molecule has 5 nitrogen and oxygen atoms in total. The van der Waals surface area contributed by atoms with Crippen LogP contribution in [-0.2, 0) is 14.0 Å². The maximum atomic E-state index is 12.6. The number of cyclic esters (lactones) is 1. The van der Waals surface area contributed by atoms with Crippen LogP contribution in [0.25, 0.3) is 0 Å². The number of carbonyl (C=O) groups excluding carboxylic acids is 2. The molecule has 124 valence electrons. The lowest BCUT2D eigenvalue weighted by Gasteiger charge is -2.40. The summed E-state index contributed by atoms with van der Waals surface area (Å²) >= 11 is 0. The molecule has 1 fully saturated rings. The van der Waals surface area contributed by atoms with Gasteiger partial charge in [-0.2, -0.15) is 0 Å². The summed E-state index contributed by atoms with van der Waals surface area (Å²) in [5.74, 6) is -0.988. The fraction of sp³-hybridized carbons (Fsp3) is 0.625. The summed E-state index contributed by atoms with van der Waals surface area (Å²) in [5.41, 5.74) is 0. The van der Waals surface area contributed by atoms with Gasteiger partial charge < -0.3 is 9.16 Å². The van der Waals surface area contributed by atoms with Gasteiger partial charge in [-0.25, -0.2) is 9.69 Å². The Kier molecular flexibility index (Phi) is 5.75. The van der Waals surface area contributed by atoms with Gasteiger partial charge in [-0.3, -0.25) is 4.79 Å². The van der Waals surface area contributed by atoms with E-state index in [1.165, 1.54) is 6.08 Å². The van der Waals surface area contributed by atoms with E-state index in [0.29, 0.717) is 0 Å². The molecule has 0 aliphatic carbocycles. The van der Waals surface area contributed by atoms with Crippen LogP contribution in [0.15, 0.2) is 25.3 Å². The van der Waals surface area contributed by atoms with Crippen LogP contribution < -0.4 is 0 Å². The second-order valence-corrected chi connectivity index (χ2v) is 11.7. The highest BCUT2D eigenvalue weighted by molar-refractivity contribution is 6.74. The average Bonchev–Trinajstić information content (AvgIpc) is 2.82. The van der Waals surface area contributed by atoms with Gasteiger partial charge in [0, 0.05) is 0 Å². The highest BCUT2D eigenvalue weighted by atomic mass is 28.4. The lowest BCUT2D eigenvalue weighted by atomic mass is 10.0. The second-order valence-electron chi connectivity index (χ2n) is 6.94. The SMILES string of the molecule is C=C[C@@H](O[Si](C)(C)C(C)(C)C)[C@@H](C=C)C(=O)N1CCOC1=O. The van der Waals surface area contributed by atoms with Gasteiger partial charge in [-0.1, -0.05) is 32.9 Å². The van der Waals surface area contributed by atoms with Crippen LogP contribution in [0.5, 0.6) is 0 Å². The molecule has 0 radical (unpaired) electrons. The number of nitrogens with zero attached hydrogens (tertiary/aromatic N) is 1. The Morgan fingerprint density at radius 1 is 1.36 bits per heavy atom. The molecule has 0 saturated carbocycles. The van der Waals surface area contributed by atoms with Crippen LogP contribution in [0.4, 0.5) is 4.79 Å². The predicted octanol–water partition coefficient (Wildman–Crippen LogP) is 3.34. The molecule has 0 aromatic heterocycles. The largest absolute Gasteiger partial charge is 0.447 e. The number of hydrogen-bond acceptors (Lipinski definition) is 4. The van der Waals surface area contributed by atoms with Crippen molar-refractivity contribution in [2.45, 2.75) is 45.0 Å². The standard InChI is InChI=1S/C16H27NO4Si/c1-8-12(14(18)17-10-11-20-15(17)19)13(9-2)21-22(6,7)16(3,4)5/h8-9,12-13H,1-2,10-11H2,3-7H3/t12-,13-/m1/s1. The highest BCUT2D eigenvalue weighted by Crippen LogP contribution is 2.38. The number of amides is 2. The summed E-state index contributed by atoms with van der Waals surface area (Å²) in [6.45, 7) is 18.6. The molecule has 6 heteroatoms. The molecule has 2 atom stereocenters. The van der Waals surface area contributed by atoms with Crippen molar-refractivity contribution in [2.24, 2.45) is 5.92 Å². The lowest BCUT2D eigenvalue weighted by molar-refractivity contribution is -0.132. The molecule has 0 aromatic rings. The molecule has 1 aliphatic heterocycles. The van der Waals surface area contributed by atoms with Crippen molar-refractivity contribution < 1.29 is 18.8 Å². The van der Waals surface area contributed by atoms with E-state index in [0.717, 1.165) is 4.90 Å². The molecule has 0 bridgehead atoms. The third-order valence-electron chi connectivity index (χ3n) is 4.39. The molecule has 22 heavy (non-hydrogen) atoms. The maximum absolute atomic E-state index is 12.6. The molecular weight excluding hydrogens is 298 g/mol. The third kappa shape index (κ3) is 3.87.